The minimum atomic E-state index is -0.348. The number of aromatic nitrogens is 1. The first kappa shape index (κ1) is 19.7. The molecule has 3 rings (SSSR count). The van der Waals surface area contributed by atoms with Crippen LogP contribution in [0.25, 0.3) is 0 Å². The van der Waals surface area contributed by atoms with Crippen LogP contribution >= 0.6 is 0 Å². The number of carbonyl (C=O) groups is 2. The van der Waals surface area contributed by atoms with Gasteiger partial charge in [0, 0.05) is 30.9 Å². The second kappa shape index (κ2) is 9.21. The van der Waals surface area contributed by atoms with Gasteiger partial charge < -0.3 is 19.7 Å². The molecule has 2 aromatic rings. The van der Waals surface area contributed by atoms with Crippen LogP contribution in [0.4, 0.5) is 5.69 Å². The molecule has 148 valence electrons. The number of nitrogens with one attached hydrogen (secondary N) is 1. The van der Waals surface area contributed by atoms with Crippen molar-refractivity contribution < 1.29 is 19.1 Å². The quantitative estimate of drug-likeness (QED) is 0.856. The van der Waals surface area contributed by atoms with Crippen LogP contribution in [0.3, 0.4) is 0 Å². The zero-order chi connectivity index (χ0) is 19.9. The van der Waals surface area contributed by atoms with Gasteiger partial charge in [-0.2, -0.15) is 0 Å². The molecule has 1 aliphatic rings. The fourth-order valence-corrected chi connectivity index (χ4v) is 3.23. The molecular formula is C21H25N3O4. The van der Waals surface area contributed by atoms with Crippen molar-refractivity contribution in [3.05, 3.63) is 47.8 Å². The number of rotatable bonds is 5. The van der Waals surface area contributed by atoms with Gasteiger partial charge in [0.25, 0.3) is 11.8 Å². The van der Waals surface area contributed by atoms with E-state index in [0.717, 1.165) is 38.8 Å². The topological polar surface area (TPSA) is 80.8 Å². The van der Waals surface area contributed by atoms with Gasteiger partial charge in [-0.3, -0.25) is 14.6 Å². The monoisotopic (exact) mass is 383 g/mol. The Labute approximate surface area is 164 Å². The Bertz CT molecular complexity index is 845. The summed E-state index contributed by atoms with van der Waals surface area (Å²) in [5.74, 6) is 0.640. The molecule has 1 N–H and O–H groups in total. The highest BCUT2D eigenvalue weighted by molar-refractivity contribution is 6.06. The van der Waals surface area contributed by atoms with Crippen LogP contribution in [-0.2, 0) is 0 Å². The first-order valence-electron chi connectivity index (χ1n) is 9.41. The van der Waals surface area contributed by atoms with E-state index < -0.39 is 0 Å². The van der Waals surface area contributed by atoms with Crippen LogP contribution in [0, 0.1) is 0 Å². The third-order valence-corrected chi connectivity index (χ3v) is 4.79. The van der Waals surface area contributed by atoms with E-state index in [-0.39, 0.29) is 17.5 Å². The van der Waals surface area contributed by atoms with Crippen molar-refractivity contribution in [1.82, 2.24) is 9.88 Å². The molecular weight excluding hydrogens is 358 g/mol. The van der Waals surface area contributed by atoms with E-state index in [4.69, 9.17) is 9.47 Å². The maximum Gasteiger partial charge on any atom is 0.272 e. The van der Waals surface area contributed by atoms with Gasteiger partial charge in [0.2, 0.25) is 0 Å². The third-order valence-electron chi connectivity index (χ3n) is 4.79. The molecule has 0 bridgehead atoms. The fraction of sp³-hybridized carbons (Fsp3) is 0.381. The molecule has 7 nitrogen and oxygen atoms in total. The molecule has 1 aromatic carbocycles. The zero-order valence-corrected chi connectivity index (χ0v) is 16.2. The standard InChI is InChI=1S/C21H25N3O4/c1-27-16-7-8-19(28-2)17(14-16)23-20(25)15-9-10-22-18(13-15)21(26)24-11-5-3-4-6-12-24/h7-10,13-14H,3-6,11-12H2,1-2H3,(H,23,25). The Balaban J connectivity index is 1.78. The lowest BCUT2D eigenvalue weighted by Gasteiger charge is -2.19. The number of amides is 2. The largest absolute Gasteiger partial charge is 0.497 e. The van der Waals surface area contributed by atoms with E-state index >= 15 is 0 Å². The van der Waals surface area contributed by atoms with Crippen LogP contribution in [0.5, 0.6) is 11.5 Å². The fourth-order valence-electron chi connectivity index (χ4n) is 3.23. The van der Waals surface area contributed by atoms with Crippen molar-refractivity contribution in [2.75, 3.05) is 32.6 Å². The molecule has 2 amide bonds. The summed E-state index contributed by atoms with van der Waals surface area (Å²) in [6, 6.07) is 8.27. The molecule has 2 heterocycles. The highest BCUT2D eigenvalue weighted by atomic mass is 16.5. The van der Waals surface area contributed by atoms with Crippen LogP contribution in [0.1, 0.15) is 46.5 Å². The van der Waals surface area contributed by atoms with Gasteiger partial charge in [0.15, 0.2) is 0 Å². The number of pyridine rings is 1. The van der Waals surface area contributed by atoms with E-state index in [9.17, 15) is 9.59 Å². The van der Waals surface area contributed by atoms with Crippen molar-refractivity contribution in [2.45, 2.75) is 25.7 Å². The van der Waals surface area contributed by atoms with E-state index in [2.05, 4.69) is 10.3 Å². The summed E-state index contributed by atoms with van der Waals surface area (Å²) in [5.41, 5.74) is 1.13. The first-order valence-corrected chi connectivity index (χ1v) is 9.41. The maximum atomic E-state index is 12.8. The average molecular weight is 383 g/mol. The van der Waals surface area contributed by atoms with Gasteiger partial charge in [-0.25, -0.2) is 0 Å². The van der Waals surface area contributed by atoms with Crippen molar-refractivity contribution in [3.8, 4) is 11.5 Å². The lowest BCUT2D eigenvalue weighted by molar-refractivity contribution is 0.0755. The summed E-state index contributed by atoms with van der Waals surface area (Å²) in [6.07, 6.45) is 5.77. The predicted octanol–water partition coefficient (Wildman–Crippen LogP) is 3.37. The third kappa shape index (κ3) is 4.60. The second-order valence-corrected chi connectivity index (χ2v) is 6.66. The molecule has 28 heavy (non-hydrogen) atoms. The van der Waals surface area contributed by atoms with Gasteiger partial charge >= 0.3 is 0 Å². The number of benzene rings is 1. The van der Waals surface area contributed by atoms with Crippen molar-refractivity contribution >= 4 is 17.5 Å². The molecule has 1 aliphatic heterocycles. The SMILES string of the molecule is COc1ccc(OC)c(NC(=O)c2ccnc(C(=O)N3CCCCCC3)c2)c1. The molecule has 0 atom stereocenters. The Morgan fingerprint density at radius 2 is 1.75 bits per heavy atom. The van der Waals surface area contributed by atoms with E-state index in [1.165, 1.54) is 19.4 Å². The molecule has 0 saturated carbocycles. The zero-order valence-electron chi connectivity index (χ0n) is 16.2. The van der Waals surface area contributed by atoms with Gasteiger partial charge in [-0.15, -0.1) is 0 Å². The Morgan fingerprint density at radius 3 is 2.43 bits per heavy atom. The summed E-state index contributed by atoms with van der Waals surface area (Å²) in [7, 11) is 3.08. The minimum Gasteiger partial charge on any atom is -0.497 e. The number of hydrogen-bond donors (Lipinski definition) is 1. The van der Waals surface area contributed by atoms with Crippen molar-refractivity contribution in [2.24, 2.45) is 0 Å². The number of anilines is 1. The first-order chi connectivity index (χ1) is 13.6. The molecule has 0 spiro atoms. The summed E-state index contributed by atoms with van der Waals surface area (Å²) in [4.78, 5) is 31.5. The van der Waals surface area contributed by atoms with Gasteiger partial charge in [-0.05, 0) is 37.1 Å². The summed E-state index contributed by atoms with van der Waals surface area (Å²) >= 11 is 0. The lowest BCUT2D eigenvalue weighted by Crippen LogP contribution is -2.32. The van der Waals surface area contributed by atoms with E-state index in [0.29, 0.717) is 22.7 Å². The van der Waals surface area contributed by atoms with Crippen LogP contribution in [0.2, 0.25) is 0 Å². The number of hydrogen-bond acceptors (Lipinski definition) is 5. The van der Waals surface area contributed by atoms with Gasteiger partial charge in [-0.1, -0.05) is 12.8 Å². The smallest absolute Gasteiger partial charge is 0.272 e. The minimum absolute atomic E-state index is 0.129. The number of likely N-dealkylation sites (tertiary alicyclic amines) is 1. The molecule has 0 unspecified atom stereocenters. The highest BCUT2D eigenvalue weighted by Gasteiger charge is 2.20. The normalized spacial score (nSPS) is 14.1. The highest BCUT2D eigenvalue weighted by Crippen LogP contribution is 2.29. The van der Waals surface area contributed by atoms with Crippen LogP contribution in [-0.4, -0.2) is 49.0 Å². The van der Waals surface area contributed by atoms with Crippen molar-refractivity contribution in [1.29, 1.82) is 0 Å². The molecule has 7 heteroatoms. The second-order valence-electron chi connectivity index (χ2n) is 6.66. The summed E-state index contributed by atoms with van der Waals surface area (Å²) in [5, 5.41) is 2.81. The van der Waals surface area contributed by atoms with Gasteiger partial charge in [0.05, 0.1) is 19.9 Å². The number of methoxy groups -OCH3 is 2. The van der Waals surface area contributed by atoms with E-state index in [1.54, 1.807) is 31.4 Å². The predicted molar refractivity (Wildman–Crippen MR) is 106 cm³/mol. The van der Waals surface area contributed by atoms with E-state index in [1.807, 2.05) is 4.90 Å². The summed E-state index contributed by atoms with van der Waals surface area (Å²) in [6.45, 7) is 1.47. The molecule has 1 aromatic heterocycles. The van der Waals surface area contributed by atoms with Crippen LogP contribution in [0.15, 0.2) is 36.5 Å². The number of carbonyl (C=O) groups excluding carboxylic acids is 2. The Hall–Kier alpha value is -3.09. The maximum absolute atomic E-state index is 12.8. The number of nitrogens with zero attached hydrogens (tertiary/aromatic N) is 2. The lowest BCUT2D eigenvalue weighted by atomic mass is 10.2. The molecule has 1 fully saturated rings. The molecule has 1 saturated heterocycles. The Morgan fingerprint density at radius 1 is 1.00 bits per heavy atom. The van der Waals surface area contributed by atoms with Crippen molar-refractivity contribution in [3.63, 3.8) is 0 Å². The van der Waals surface area contributed by atoms with Gasteiger partial charge in [0.1, 0.15) is 17.2 Å². The average Bonchev–Trinajstić information content (AvgIpc) is 3.02. The number of ether oxygens (including phenoxy) is 2. The molecule has 0 aliphatic carbocycles. The Kier molecular flexibility index (Phi) is 6.47. The summed E-state index contributed by atoms with van der Waals surface area (Å²) < 4.78 is 10.5. The molecule has 0 radical (unpaired) electrons. The van der Waals surface area contributed by atoms with Crippen LogP contribution < -0.4 is 14.8 Å².